The van der Waals surface area contributed by atoms with Gasteiger partial charge in [-0.3, -0.25) is 0 Å². The molecular weight excluding hydrogens is 270 g/mol. The lowest BCUT2D eigenvalue weighted by Gasteiger charge is -2.09. The van der Waals surface area contributed by atoms with Crippen LogP contribution in [0, 0.1) is 0 Å². The number of nitrogens with zero attached hydrogens (tertiary/aromatic N) is 1. The molecule has 1 aromatic heterocycles. The summed E-state index contributed by atoms with van der Waals surface area (Å²) in [6, 6.07) is 7.29. The molecule has 0 spiro atoms. The third-order valence-electron chi connectivity index (χ3n) is 2.83. The number of carboxylic acid groups (broad SMARTS) is 1. The highest BCUT2D eigenvalue weighted by Crippen LogP contribution is 2.26. The SMILES string of the molecule is CCCc1nc(-c2cccc(OC(C)C)c2)oc1C(=O)O. The molecule has 0 aliphatic heterocycles. The number of hydrogen-bond acceptors (Lipinski definition) is 4. The first kappa shape index (κ1) is 15.1. The summed E-state index contributed by atoms with van der Waals surface area (Å²) in [7, 11) is 0. The van der Waals surface area contributed by atoms with E-state index in [1.54, 1.807) is 6.07 Å². The van der Waals surface area contributed by atoms with Gasteiger partial charge in [-0.1, -0.05) is 19.4 Å². The molecule has 2 rings (SSSR count). The Kier molecular flexibility index (Phi) is 4.62. The summed E-state index contributed by atoms with van der Waals surface area (Å²) in [6.07, 6.45) is 1.45. The number of rotatable bonds is 6. The summed E-state index contributed by atoms with van der Waals surface area (Å²) >= 11 is 0. The first-order valence-electron chi connectivity index (χ1n) is 7.01. The van der Waals surface area contributed by atoms with Crippen molar-refractivity contribution in [2.45, 2.75) is 39.7 Å². The van der Waals surface area contributed by atoms with Gasteiger partial charge in [0.2, 0.25) is 11.7 Å². The molecule has 21 heavy (non-hydrogen) atoms. The van der Waals surface area contributed by atoms with Gasteiger partial charge in [-0.05, 0) is 38.5 Å². The van der Waals surface area contributed by atoms with Crippen LogP contribution in [0.25, 0.3) is 11.5 Å². The lowest BCUT2D eigenvalue weighted by atomic mass is 10.2. The standard InChI is InChI=1S/C16H19NO4/c1-4-6-13-14(16(18)19)21-15(17-13)11-7-5-8-12(9-11)20-10(2)3/h5,7-10H,4,6H2,1-3H3,(H,18,19). The van der Waals surface area contributed by atoms with Crippen molar-refractivity contribution in [1.82, 2.24) is 4.98 Å². The molecule has 1 N–H and O–H groups in total. The highest BCUT2D eigenvalue weighted by atomic mass is 16.5. The highest BCUT2D eigenvalue weighted by Gasteiger charge is 2.19. The molecule has 0 radical (unpaired) electrons. The number of carboxylic acids is 1. The Morgan fingerprint density at radius 3 is 2.81 bits per heavy atom. The van der Waals surface area contributed by atoms with Crippen LogP contribution in [-0.4, -0.2) is 22.2 Å². The second kappa shape index (κ2) is 6.43. The van der Waals surface area contributed by atoms with Crippen LogP contribution in [-0.2, 0) is 6.42 Å². The molecule has 112 valence electrons. The molecule has 0 atom stereocenters. The molecule has 0 saturated carbocycles. The summed E-state index contributed by atoms with van der Waals surface area (Å²) in [4.78, 5) is 15.5. The van der Waals surface area contributed by atoms with Crippen molar-refractivity contribution in [3.8, 4) is 17.2 Å². The molecule has 5 nitrogen and oxygen atoms in total. The fourth-order valence-corrected chi connectivity index (χ4v) is 2.02. The predicted molar refractivity (Wildman–Crippen MR) is 78.7 cm³/mol. The molecule has 5 heteroatoms. The van der Waals surface area contributed by atoms with Gasteiger partial charge < -0.3 is 14.3 Å². The van der Waals surface area contributed by atoms with Gasteiger partial charge in [0, 0.05) is 5.56 Å². The topological polar surface area (TPSA) is 72.6 Å². The van der Waals surface area contributed by atoms with Gasteiger partial charge in [0.1, 0.15) is 5.75 Å². The van der Waals surface area contributed by atoms with Crippen LogP contribution in [0.1, 0.15) is 43.4 Å². The van der Waals surface area contributed by atoms with Gasteiger partial charge in [-0.25, -0.2) is 9.78 Å². The van der Waals surface area contributed by atoms with Crippen LogP contribution < -0.4 is 4.74 Å². The van der Waals surface area contributed by atoms with Crippen molar-refractivity contribution in [2.24, 2.45) is 0 Å². The monoisotopic (exact) mass is 289 g/mol. The normalized spacial score (nSPS) is 10.9. The van der Waals surface area contributed by atoms with E-state index in [0.29, 0.717) is 29.3 Å². The average molecular weight is 289 g/mol. The predicted octanol–water partition coefficient (Wildman–Crippen LogP) is 3.78. The highest BCUT2D eigenvalue weighted by molar-refractivity contribution is 5.86. The summed E-state index contributed by atoms with van der Waals surface area (Å²) in [5.74, 6) is -0.159. The third kappa shape index (κ3) is 3.62. The van der Waals surface area contributed by atoms with E-state index in [2.05, 4.69) is 4.98 Å². The number of carbonyl (C=O) groups is 1. The van der Waals surface area contributed by atoms with E-state index in [9.17, 15) is 4.79 Å². The van der Waals surface area contributed by atoms with Crippen LogP contribution in [0.2, 0.25) is 0 Å². The van der Waals surface area contributed by atoms with E-state index in [0.717, 1.165) is 6.42 Å². The summed E-state index contributed by atoms with van der Waals surface area (Å²) < 4.78 is 11.0. The number of oxazole rings is 1. The molecule has 0 unspecified atom stereocenters. The smallest absolute Gasteiger partial charge is 0.373 e. The summed E-state index contributed by atoms with van der Waals surface area (Å²) in [5, 5.41) is 9.17. The van der Waals surface area contributed by atoms with Gasteiger partial charge in [0.25, 0.3) is 0 Å². The molecule has 0 amide bonds. The van der Waals surface area contributed by atoms with Gasteiger partial charge in [-0.15, -0.1) is 0 Å². The maximum absolute atomic E-state index is 11.2. The Morgan fingerprint density at radius 2 is 2.19 bits per heavy atom. The average Bonchev–Trinajstić information content (AvgIpc) is 2.83. The zero-order chi connectivity index (χ0) is 15.4. The molecule has 0 fully saturated rings. The van der Waals surface area contributed by atoms with Crippen LogP contribution in [0.3, 0.4) is 0 Å². The van der Waals surface area contributed by atoms with E-state index >= 15 is 0 Å². The Bertz CT molecular complexity index is 631. The van der Waals surface area contributed by atoms with Gasteiger partial charge in [0.15, 0.2) is 0 Å². The zero-order valence-corrected chi connectivity index (χ0v) is 12.4. The Labute approximate surface area is 123 Å². The van der Waals surface area contributed by atoms with Crippen molar-refractivity contribution in [3.63, 3.8) is 0 Å². The molecule has 0 aliphatic rings. The second-order valence-electron chi connectivity index (χ2n) is 5.04. The minimum atomic E-state index is -1.09. The minimum Gasteiger partial charge on any atom is -0.491 e. The zero-order valence-electron chi connectivity index (χ0n) is 12.4. The molecular formula is C16H19NO4. The molecule has 1 heterocycles. The second-order valence-corrected chi connectivity index (χ2v) is 5.04. The van der Waals surface area contributed by atoms with Crippen molar-refractivity contribution in [1.29, 1.82) is 0 Å². The Balaban J connectivity index is 2.37. The Morgan fingerprint density at radius 1 is 1.43 bits per heavy atom. The van der Waals surface area contributed by atoms with Crippen LogP contribution in [0.5, 0.6) is 5.75 Å². The summed E-state index contributed by atoms with van der Waals surface area (Å²) in [6.45, 7) is 5.86. The van der Waals surface area contributed by atoms with E-state index in [1.165, 1.54) is 0 Å². The number of benzene rings is 1. The summed E-state index contributed by atoms with van der Waals surface area (Å²) in [5.41, 5.74) is 1.19. The lowest BCUT2D eigenvalue weighted by molar-refractivity contribution is 0.0661. The molecule has 2 aromatic rings. The molecule has 0 aliphatic carbocycles. The van der Waals surface area contributed by atoms with Crippen LogP contribution in [0.4, 0.5) is 0 Å². The fraction of sp³-hybridized carbons (Fsp3) is 0.375. The fourth-order valence-electron chi connectivity index (χ4n) is 2.02. The minimum absolute atomic E-state index is 0.0649. The van der Waals surface area contributed by atoms with Crippen LogP contribution >= 0.6 is 0 Å². The number of hydrogen-bond donors (Lipinski definition) is 1. The molecule has 1 aromatic carbocycles. The number of aromatic nitrogens is 1. The Hall–Kier alpha value is -2.30. The number of aryl methyl sites for hydroxylation is 1. The number of ether oxygens (including phenoxy) is 1. The van der Waals surface area contributed by atoms with Crippen molar-refractivity contribution >= 4 is 5.97 Å². The largest absolute Gasteiger partial charge is 0.491 e. The molecule has 0 bridgehead atoms. The lowest BCUT2D eigenvalue weighted by Crippen LogP contribution is -2.05. The molecule has 0 saturated heterocycles. The van der Waals surface area contributed by atoms with Crippen molar-refractivity contribution in [3.05, 3.63) is 35.7 Å². The van der Waals surface area contributed by atoms with Gasteiger partial charge in [0.05, 0.1) is 11.8 Å². The maximum atomic E-state index is 11.2. The first-order valence-corrected chi connectivity index (χ1v) is 7.01. The van der Waals surface area contributed by atoms with Crippen LogP contribution in [0.15, 0.2) is 28.7 Å². The van der Waals surface area contributed by atoms with Crippen molar-refractivity contribution < 1.29 is 19.1 Å². The van der Waals surface area contributed by atoms with E-state index < -0.39 is 5.97 Å². The van der Waals surface area contributed by atoms with E-state index in [-0.39, 0.29) is 11.9 Å². The number of aromatic carboxylic acids is 1. The van der Waals surface area contributed by atoms with E-state index in [1.807, 2.05) is 39.0 Å². The van der Waals surface area contributed by atoms with Gasteiger partial charge >= 0.3 is 5.97 Å². The third-order valence-corrected chi connectivity index (χ3v) is 2.83. The van der Waals surface area contributed by atoms with Gasteiger partial charge in [-0.2, -0.15) is 0 Å². The van der Waals surface area contributed by atoms with E-state index in [4.69, 9.17) is 14.3 Å². The first-order chi connectivity index (χ1) is 10.0. The van der Waals surface area contributed by atoms with Crippen molar-refractivity contribution in [2.75, 3.05) is 0 Å². The maximum Gasteiger partial charge on any atom is 0.373 e. The quantitative estimate of drug-likeness (QED) is 0.876.